The van der Waals surface area contributed by atoms with Crippen LogP contribution in [0.15, 0.2) is 23.0 Å². The van der Waals surface area contributed by atoms with Gasteiger partial charge in [-0.25, -0.2) is 0 Å². The molecule has 1 aromatic rings. The number of aliphatic hydroxyl groups is 3. The van der Waals surface area contributed by atoms with Gasteiger partial charge in [0.05, 0.1) is 17.1 Å². The first-order valence-electron chi connectivity index (χ1n) is 14.5. The molecule has 0 saturated heterocycles. The fraction of sp³-hybridized carbons (Fsp3) is 0.562. The number of halogens is 1. The average Bonchev–Trinajstić information content (AvgIpc) is 2.87. The van der Waals surface area contributed by atoms with Gasteiger partial charge in [0.2, 0.25) is 5.78 Å². The summed E-state index contributed by atoms with van der Waals surface area (Å²) in [5.41, 5.74) is 1.28. The van der Waals surface area contributed by atoms with Gasteiger partial charge in [0, 0.05) is 29.5 Å². The first-order chi connectivity index (χ1) is 20.1. The van der Waals surface area contributed by atoms with Crippen LogP contribution in [0.1, 0.15) is 64.2 Å². The van der Waals surface area contributed by atoms with Gasteiger partial charge in [-0.05, 0) is 76.4 Å². The fourth-order valence-electron chi connectivity index (χ4n) is 6.83. The van der Waals surface area contributed by atoms with Gasteiger partial charge in [-0.2, -0.15) is 0 Å². The number of hydrogen-bond acceptors (Lipinski definition) is 10. The molecule has 1 amide bonds. The summed E-state index contributed by atoms with van der Waals surface area (Å²) in [7, 11) is 4.86. The van der Waals surface area contributed by atoms with Crippen LogP contribution < -0.4 is 5.73 Å². The molecule has 0 heterocycles. The third-order valence-corrected chi connectivity index (χ3v) is 9.93. The molecule has 0 radical (unpaired) electrons. The van der Waals surface area contributed by atoms with Gasteiger partial charge < -0.3 is 26.2 Å². The number of Topliss-reactive ketones (excluding diaryl/α,β-unsaturated/α-hetero) is 3. The topological polar surface area (TPSA) is 182 Å². The molecule has 1 fully saturated rings. The number of phenolic OH excluding ortho intramolecular Hbond substituents is 1. The van der Waals surface area contributed by atoms with Gasteiger partial charge in [-0.1, -0.05) is 32.4 Å². The second kappa shape index (κ2) is 11.0. The zero-order valence-electron chi connectivity index (χ0n) is 26.4. The highest BCUT2D eigenvalue weighted by Gasteiger charge is 2.64. The molecule has 0 aliphatic heterocycles. The quantitative estimate of drug-likeness (QED) is 0.281. The van der Waals surface area contributed by atoms with E-state index in [1.807, 2.05) is 39.5 Å². The number of rotatable bonds is 7. The van der Waals surface area contributed by atoms with Crippen molar-refractivity contribution in [2.45, 2.75) is 77.6 Å². The van der Waals surface area contributed by atoms with Crippen LogP contribution >= 0.6 is 11.6 Å². The van der Waals surface area contributed by atoms with Crippen molar-refractivity contribution in [2.75, 3.05) is 21.1 Å². The Morgan fingerprint density at radius 1 is 1.09 bits per heavy atom. The van der Waals surface area contributed by atoms with Crippen LogP contribution in [0, 0.1) is 17.3 Å². The molecule has 4 atom stereocenters. The zero-order valence-corrected chi connectivity index (χ0v) is 27.2. The molecule has 6 N–H and O–H groups in total. The first kappa shape index (κ1) is 33.6. The number of nitrogens with zero attached hydrogens (tertiary/aromatic N) is 2. The van der Waals surface area contributed by atoms with Crippen LogP contribution in [-0.2, 0) is 32.1 Å². The molecule has 44 heavy (non-hydrogen) atoms. The van der Waals surface area contributed by atoms with E-state index in [1.165, 1.54) is 11.0 Å². The van der Waals surface area contributed by atoms with Crippen molar-refractivity contribution in [1.29, 1.82) is 0 Å². The number of aliphatic hydroxyl groups excluding tert-OH is 2. The molecule has 0 aromatic heterocycles. The molecule has 11 nitrogen and oxygen atoms in total. The molecule has 1 unspecified atom stereocenters. The maximum atomic E-state index is 14.0. The molecule has 1 aromatic carbocycles. The summed E-state index contributed by atoms with van der Waals surface area (Å²) >= 11 is 6.90. The molecular weight excluding hydrogens is 590 g/mol. The maximum absolute atomic E-state index is 14.0. The number of nitrogens with two attached hydrogens (primary N) is 1. The van der Waals surface area contributed by atoms with Crippen LogP contribution in [0.25, 0.3) is 5.76 Å². The summed E-state index contributed by atoms with van der Waals surface area (Å²) in [6.45, 7) is 9.80. The Morgan fingerprint density at radius 3 is 2.20 bits per heavy atom. The Balaban J connectivity index is 1.80. The van der Waals surface area contributed by atoms with Crippen LogP contribution in [0.2, 0.25) is 5.02 Å². The van der Waals surface area contributed by atoms with Crippen molar-refractivity contribution < 1.29 is 39.6 Å². The second-order valence-corrected chi connectivity index (χ2v) is 14.6. The lowest BCUT2D eigenvalue weighted by Crippen LogP contribution is -2.65. The number of primary amides is 1. The summed E-state index contributed by atoms with van der Waals surface area (Å²) < 4.78 is 0. The summed E-state index contributed by atoms with van der Waals surface area (Å²) in [5, 5.41) is 45.5. The molecule has 240 valence electrons. The van der Waals surface area contributed by atoms with Gasteiger partial charge in [-0.15, -0.1) is 0 Å². The zero-order chi connectivity index (χ0) is 33.4. The van der Waals surface area contributed by atoms with Crippen LogP contribution in [0.3, 0.4) is 0 Å². The monoisotopic (exact) mass is 631 g/mol. The van der Waals surface area contributed by atoms with E-state index in [4.69, 9.17) is 17.3 Å². The predicted octanol–water partition coefficient (Wildman–Crippen LogP) is 2.83. The van der Waals surface area contributed by atoms with Crippen molar-refractivity contribution in [3.63, 3.8) is 0 Å². The number of phenols is 1. The molecule has 0 bridgehead atoms. The fourth-order valence-corrected chi connectivity index (χ4v) is 7.11. The van der Waals surface area contributed by atoms with Crippen molar-refractivity contribution in [3.8, 4) is 5.75 Å². The second-order valence-electron chi connectivity index (χ2n) is 14.3. The van der Waals surface area contributed by atoms with E-state index in [1.54, 1.807) is 21.1 Å². The normalized spacial score (nSPS) is 25.8. The van der Waals surface area contributed by atoms with Crippen molar-refractivity contribution in [3.05, 3.63) is 44.7 Å². The number of fused-ring (bicyclic) bond motifs is 3. The summed E-state index contributed by atoms with van der Waals surface area (Å²) in [6, 6.07) is 0.192. The minimum atomic E-state index is -2.71. The molecule has 3 aliphatic rings. The minimum absolute atomic E-state index is 0.0403. The molecule has 0 spiro atoms. The van der Waals surface area contributed by atoms with E-state index in [2.05, 4.69) is 0 Å². The molecule has 12 heteroatoms. The van der Waals surface area contributed by atoms with Crippen LogP contribution in [-0.4, -0.2) is 91.8 Å². The van der Waals surface area contributed by atoms with Gasteiger partial charge in [0.1, 0.15) is 22.8 Å². The van der Waals surface area contributed by atoms with Crippen LogP contribution in [0.4, 0.5) is 0 Å². The highest BCUT2D eigenvalue weighted by molar-refractivity contribution is 6.32. The number of ketones is 3. The van der Waals surface area contributed by atoms with Gasteiger partial charge >= 0.3 is 0 Å². The summed E-state index contributed by atoms with van der Waals surface area (Å²) in [5.74, 6) is -7.20. The first-order valence-corrected chi connectivity index (χ1v) is 14.9. The minimum Gasteiger partial charge on any atom is -0.508 e. The average molecular weight is 632 g/mol. The Kier molecular flexibility index (Phi) is 8.39. The summed E-state index contributed by atoms with van der Waals surface area (Å²) in [4.78, 5) is 55.8. The molecule has 4 rings (SSSR count). The molecule has 3 aliphatic carbocycles. The molecule has 1 saturated carbocycles. The van der Waals surface area contributed by atoms with E-state index >= 15 is 0 Å². The van der Waals surface area contributed by atoms with Crippen molar-refractivity contribution >= 4 is 40.6 Å². The van der Waals surface area contributed by atoms with E-state index in [-0.39, 0.29) is 52.5 Å². The number of carbonyl (C=O) groups is 4. The number of aromatic hydroxyl groups is 1. The number of hydrogen-bond donors (Lipinski definition) is 5. The SMILES string of the molecule is CN(C)[C@@H]1C(=O)C(C(N)=O)=C(O)C2(O)C(=O)C3=C(O)c4c(O)cc(CN(C)C(C)(C)C(=O)CC(C)(C)C)c(Cl)c4C[C@H]3C[C@@H]12. The highest BCUT2D eigenvalue weighted by atomic mass is 35.5. The largest absolute Gasteiger partial charge is 0.508 e. The highest BCUT2D eigenvalue weighted by Crippen LogP contribution is 2.53. The lowest BCUT2D eigenvalue weighted by Gasteiger charge is -2.50. The lowest BCUT2D eigenvalue weighted by molar-refractivity contribution is -0.153. The Bertz CT molecular complexity index is 1540. The predicted molar refractivity (Wildman–Crippen MR) is 164 cm³/mol. The van der Waals surface area contributed by atoms with Crippen molar-refractivity contribution in [2.24, 2.45) is 23.0 Å². The smallest absolute Gasteiger partial charge is 0.255 e. The Morgan fingerprint density at radius 2 is 1.68 bits per heavy atom. The van der Waals surface area contributed by atoms with E-state index in [0.717, 1.165) is 0 Å². The Labute approximate surface area is 262 Å². The standard InChI is InChI=1S/C32H42ClN3O8/c1-30(2,3)12-19(38)31(4,5)36(8)13-15-11-18(37)21-16(23(15)33)9-14-10-17-24(35(6)7)26(40)22(29(34)43)28(42)32(17,44)27(41)20(14)25(21)39/h11,14,17,24,37,39,42,44H,9-10,12-13H2,1-8H3,(H2,34,43)/t14-,17-,24-,32?/m0/s1. The molecular formula is C32H42ClN3O8. The lowest BCUT2D eigenvalue weighted by atomic mass is 9.57. The van der Waals surface area contributed by atoms with Gasteiger partial charge in [-0.3, -0.25) is 29.0 Å². The summed E-state index contributed by atoms with van der Waals surface area (Å²) in [6.07, 6.45) is 0.395. The van der Waals surface area contributed by atoms with E-state index in [9.17, 15) is 39.6 Å². The van der Waals surface area contributed by atoms with Crippen LogP contribution in [0.5, 0.6) is 5.75 Å². The third kappa shape index (κ3) is 5.13. The van der Waals surface area contributed by atoms with Gasteiger partial charge in [0.25, 0.3) is 5.91 Å². The van der Waals surface area contributed by atoms with E-state index in [0.29, 0.717) is 17.5 Å². The number of benzene rings is 1. The van der Waals surface area contributed by atoms with Gasteiger partial charge in [0.15, 0.2) is 17.2 Å². The van der Waals surface area contributed by atoms with Crippen molar-refractivity contribution in [1.82, 2.24) is 9.80 Å². The Hall–Kier alpha value is -3.25. The number of amides is 1. The maximum Gasteiger partial charge on any atom is 0.255 e. The van der Waals surface area contributed by atoms with E-state index < -0.39 is 63.6 Å². The number of likely N-dealkylation sites (N-methyl/N-ethyl adjacent to an activating group) is 2. The third-order valence-electron chi connectivity index (χ3n) is 9.46. The number of carbonyl (C=O) groups excluding carboxylic acids is 4.